The molecule has 5 nitrogen and oxygen atoms in total. The Kier molecular flexibility index (Phi) is 6.86. The molecule has 1 N–H and O–H groups in total. The van der Waals surface area contributed by atoms with Crippen molar-refractivity contribution in [2.45, 2.75) is 25.8 Å². The van der Waals surface area contributed by atoms with Crippen molar-refractivity contribution < 1.29 is 9.53 Å². The molecule has 1 fully saturated rings. The van der Waals surface area contributed by atoms with Gasteiger partial charge in [-0.2, -0.15) is 0 Å². The maximum atomic E-state index is 13.1. The summed E-state index contributed by atoms with van der Waals surface area (Å²) in [4.78, 5) is 19.7. The second-order valence-corrected chi connectivity index (χ2v) is 8.56. The third-order valence-corrected chi connectivity index (χ3v) is 6.60. The summed E-state index contributed by atoms with van der Waals surface area (Å²) in [5.74, 6) is 1.02. The van der Waals surface area contributed by atoms with Gasteiger partial charge in [-0.05, 0) is 78.9 Å². The molecule has 2 heterocycles. The van der Waals surface area contributed by atoms with Crippen LogP contribution in [0.2, 0.25) is 0 Å². The Morgan fingerprint density at radius 3 is 2.53 bits per heavy atom. The molecule has 0 saturated carbocycles. The first-order valence-corrected chi connectivity index (χ1v) is 11.2. The molecule has 1 saturated heterocycles. The van der Waals surface area contributed by atoms with Gasteiger partial charge >= 0.3 is 0 Å². The maximum absolute atomic E-state index is 13.1. The van der Waals surface area contributed by atoms with E-state index in [9.17, 15) is 4.79 Å². The molecule has 32 heavy (non-hydrogen) atoms. The average molecular weight is 430 g/mol. The highest BCUT2D eigenvalue weighted by atomic mass is 16.5. The summed E-state index contributed by atoms with van der Waals surface area (Å²) in [6.07, 6.45) is 6.04. The molecular formula is C27H31N3O2. The summed E-state index contributed by atoms with van der Waals surface area (Å²) in [7, 11) is 3.45. The predicted octanol–water partition coefficient (Wildman–Crippen LogP) is 4.33. The molecule has 2 aromatic carbocycles. The van der Waals surface area contributed by atoms with Crippen LogP contribution in [-0.4, -0.2) is 43.0 Å². The Bertz CT molecular complexity index is 1040. The maximum Gasteiger partial charge on any atom is 0.226 e. The van der Waals surface area contributed by atoms with Crippen molar-refractivity contribution in [3.05, 3.63) is 84.2 Å². The van der Waals surface area contributed by atoms with E-state index >= 15 is 0 Å². The van der Waals surface area contributed by atoms with Crippen LogP contribution in [0.5, 0.6) is 5.75 Å². The number of carbonyl (C=O) groups excluding carboxylic acids is 1. The smallest absolute Gasteiger partial charge is 0.226 e. The second-order valence-electron chi connectivity index (χ2n) is 8.56. The van der Waals surface area contributed by atoms with Gasteiger partial charge in [-0.25, -0.2) is 0 Å². The number of hydrogen-bond donors (Lipinski definition) is 1. The molecule has 5 heteroatoms. The van der Waals surface area contributed by atoms with Crippen LogP contribution < -0.4 is 10.1 Å². The second kappa shape index (κ2) is 9.96. The van der Waals surface area contributed by atoms with Gasteiger partial charge in [0.2, 0.25) is 5.91 Å². The largest absolute Gasteiger partial charge is 0.497 e. The molecular weight excluding hydrogens is 398 g/mol. The van der Waals surface area contributed by atoms with Crippen molar-refractivity contribution in [3.63, 3.8) is 0 Å². The van der Waals surface area contributed by atoms with Gasteiger partial charge in [-0.3, -0.25) is 14.7 Å². The Balaban J connectivity index is 1.52. The molecule has 0 bridgehead atoms. The number of methoxy groups -OCH3 is 1. The first kappa shape index (κ1) is 22.0. The minimum Gasteiger partial charge on any atom is -0.497 e. The Morgan fingerprint density at radius 2 is 1.81 bits per heavy atom. The molecule has 1 aromatic heterocycles. The van der Waals surface area contributed by atoms with Crippen LogP contribution in [0.25, 0.3) is 11.1 Å². The fourth-order valence-corrected chi connectivity index (χ4v) is 4.77. The molecule has 0 unspecified atom stereocenters. The number of nitrogens with zero attached hydrogens (tertiary/aromatic N) is 2. The number of likely N-dealkylation sites (tertiary alicyclic amines) is 1. The normalized spacial score (nSPS) is 15.8. The van der Waals surface area contributed by atoms with Gasteiger partial charge in [0.25, 0.3) is 0 Å². The van der Waals surface area contributed by atoms with Crippen LogP contribution in [-0.2, 0) is 17.8 Å². The zero-order valence-electron chi connectivity index (χ0n) is 18.9. The van der Waals surface area contributed by atoms with Crippen LogP contribution in [0.1, 0.15) is 24.0 Å². The van der Waals surface area contributed by atoms with E-state index in [4.69, 9.17) is 4.74 Å². The van der Waals surface area contributed by atoms with Crippen molar-refractivity contribution in [1.29, 1.82) is 0 Å². The van der Waals surface area contributed by atoms with Gasteiger partial charge in [0.1, 0.15) is 5.75 Å². The highest BCUT2D eigenvalue weighted by Crippen LogP contribution is 2.38. The average Bonchev–Trinajstić information content (AvgIpc) is 2.86. The van der Waals surface area contributed by atoms with Gasteiger partial charge in [0.05, 0.1) is 12.5 Å². The third kappa shape index (κ3) is 4.83. The number of benzene rings is 2. The fourth-order valence-electron chi connectivity index (χ4n) is 4.77. The number of nitrogens with one attached hydrogen (secondary N) is 1. The Hall–Kier alpha value is -3.18. The molecule has 0 aliphatic carbocycles. The Labute approximate surface area is 190 Å². The molecule has 3 aromatic rings. The molecule has 166 valence electrons. The quantitative estimate of drug-likeness (QED) is 0.607. The van der Waals surface area contributed by atoms with Gasteiger partial charge in [0.15, 0.2) is 0 Å². The fraction of sp³-hybridized carbons (Fsp3) is 0.333. The topological polar surface area (TPSA) is 54.5 Å². The van der Waals surface area contributed by atoms with Gasteiger partial charge < -0.3 is 10.1 Å². The summed E-state index contributed by atoms with van der Waals surface area (Å²) < 4.78 is 5.36. The lowest BCUT2D eigenvalue weighted by molar-refractivity contribution is -0.133. The van der Waals surface area contributed by atoms with E-state index < -0.39 is 5.41 Å². The van der Waals surface area contributed by atoms with Crippen LogP contribution >= 0.6 is 0 Å². The van der Waals surface area contributed by atoms with E-state index in [-0.39, 0.29) is 5.91 Å². The Morgan fingerprint density at radius 1 is 1.06 bits per heavy atom. The molecule has 0 radical (unpaired) electrons. The van der Waals surface area contributed by atoms with E-state index in [0.717, 1.165) is 50.2 Å². The van der Waals surface area contributed by atoms with E-state index in [1.54, 1.807) is 14.2 Å². The van der Waals surface area contributed by atoms with Crippen molar-refractivity contribution in [3.8, 4) is 16.9 Å². The predicted molar refractivity (Wildman–Crippen MR) is 127 cm³/mol. The molecule has 1 amide bonds. The van der Waals surface area contributed by atoms with Crippen LogP contribution in [0.3, 0.4) is 0 Å². The number of aromatic nitrogens is 1. The summed E-state index contributed by atoms with van der Waals surface area (Å²) >= 11 is 0. The van der Waals surface area contributed by atoms with Crippen molar-refractivity contribution in [2.24, 2.45) is 5.41 Å². The SMILES string of the molecule is CNC(=O)C1(Cc2ccccc2-c2ccncc2)CCN(Cc2cccc(OC)c2)CC1. The number of hydrogen-bond acceptors (Lipinski definition) is 4. The standard InChI is InChI=1S/C27H31N3O2/c1-28-26(31)27(19-23-7-3-4-9-25(23)22-10-14-29-15-11-22)12-16-30(17-13-27)20-21-6-5-8-24(18-21)32-2/h3-11,14-15,18H,12-13,16-17,19-20H2,1-2H3,(H,28,31). The first-order chi connectivity index (χ1) is 15.6. The van der Waals surface area contributed by atoms with E-state index in [1.165, 1.54) is 16.7 Å². The summed E-state index contributed by atoms with van der Waals surface area (Å²) in [5.41, 5.74) is 4.36. The zero-order valence-corrected chi connectivity index (χ0v) is 18.9. The highest BCUT2D eigenvalue weighted by Gasteiger charge is 2.41. The lowest BCUT2D eigenvalue weighted by Gasteiger charge is -2.41. The number of pyridine rings is 1. The minimum atomic E-state index is -0.400. The first-order valence-electron chi connectivity index (χ1n) is 11.2. The number of piperidine rings is 1. The third-order valence-electron chi connectivity index (χ3n) is 6.60. The molecule has 0 spiro atoms. The lowest BCUT2D eigenvalue weighted by Crippen LogP contribution is -2.49. The van der Waals surface area contributed by atoms with Crippen LogP contribution in [0.15, 0.2) is 73.1 Å². The van der Waals surface area contributed by atoms with Crippen molar-refractivity contribution in [1.82, 2.24) is 15.2 Å². The van der Waals surface area contributed by atoms with Crippen molar-refractivity contribution in [2.75, 3.05) is 27.2 Å². The number of amides is 1. The molecule has 4 rings (SSSR count). The van der Waals surface area contributed by atoms with E-state index in [2.05, 4.69) is 51.6 Å². The molecule has 1 aliphatic rings. The lowest BCUT2D eigenvalue weighted by atomic mass is 9.72. The monoisotopic (exact) mass is 429 g/mol. The molecule has 1 aliphatic heterocycles. The van der Waals surface area contributed by atoms with Crippen LogP contribution in [0, 0.1) is 5.41 Å². The van der Waals surface area contributed by atoms with Crippen molar-refractivity contribution >= 4 is 5.91 Å². The minimum absolute atomic E-state index is 0.142. The van der Waals surface area contributed by atoms with E-state index in [0.29, 0.717) is 0 Å². The number of carbonyl (C=O) groups is 1. The van der Waals surface area contributed by atoms with Crippen LogP contribution in [0.4, 0.5) is 0 Å². The number of rotatable bonds is 7. The van der Waals surface area contributed by atoms with E-state index in [1.807, 2.05) is 36.7 Å². The summed E-state index contributed by atoms with van der Waals surface area (Å²) in [6.45, 7) is 2.65. The zero-order chi connectivity index (χ0) is 22.4. The van der Waals surface area contributed by atoms with Gasteiger partial charge in [-0.15, -0.1) is 0 Å². The summed E-state index contributed by atoms with van der Waals surface area (Å²) in [6, 6.07) is 20.7. The van der Waals surface area contributed by atoms with Gasteiger partial charge in [-0.1, -0.05) is 36.4 Å². The number of ether oxygens (including phenoxy) is 1. The highest BCUT2D eigenvalue weighted by molar-refractivity contribution is 5.83. The van der Waals surface area contributed by atoms with Gasteiger partial charge in [0, 0.05) is 26.0 Å². The molecule has 0 atom stereocenters. The summed E-state index contributed by atoms with van der Waals surface area (Å²) in [5, 5.41) is 2.95.